The summed E-state index contributed by atoms with van der Waals surface area (Å²) in [6.45, 7) is 8.62. The Morgan fingerprint density at radius 3 is 2.80 bits per heavy atom. The van der Waals surface area contributed by atoms with Crippen LogP contribution in [0.3, 0.4) is 0 Å². The minimum atomic E-state index is 0.387. The van der Waals surface area contributed by atoms with Gasteiger partial charge < -0.3 is 5.32 Å². The molecule has 1 aromatic heterocycles. The van der Waals surface area contributed by atoms with E-state index in [2.05, 4.69) is 66.2 Å². The maximum Gasteiger partial charge on any atom is 0.0682 e. The van der Waals surface area contributed by atoms with Gasteiger partial charge in [-0.05, 0) is 44.0 Å². The van der Waals surface area contributed by atoms with Gasteiger partial charge in [0.2, 0.25) is 0 Å². The van der Waals surface area contributed by atoms with Gasteiger partial charge in [0.15, 0.2) is 0 Å². The van der Waals surface area contributed by atoms with Crippen LogP contribution < -0.4 is 5.32 Å². The number of nitrogens with one attached hydrogen (secondary N) is 1. The molecule has 1 heterocycles. The van der Waals surface area contributed by atoms with Gasteiger partial charge in [0, 0.05) is 24.3 Å². The Bertz CT molecular complexity index is 531. The van der Waals surface area contributed by atoms with E-state index < -0.39 is 0 Å². The van der Waals surface area contributed by atoms with Gasteiger partial charge in [-0.15, -0.1) is 0 Å². The zero-order valence-electron chi connectivity index (χ0n) is 12.8. The number of hydrogen-bond acceptors (Lipinski definition) is 2. The average molecular weight is 271 g/mol. The van der Waals surface area contributed by atoms with E-state index in [-0.39, 0.29) is 0 Å². The van der Waals surface area contributed by atoms with Crippen LogP contribution in [0.2, 0.25) is 0 Å². The van der Waals surface area contributed by atoms with E-state index in [0.717, 1.165) is 25.9 Å². The molecule has 20 heavy (non-hydrogen) atoms. The lowest BCUT2D eigenvalue weighted by molar-refractivity contribution is 0.570. The van der Waals surface area contributed by atoms with E-state index in [1.807, 2.05) is 6.20 Å². The molecule has 0 aliphatic rings. The Morgan fingerprint density at radius 2 is 2.05 bits per heavy atom. The van der Waals surface area contributed by atoms with Crippen molar-refractivity contribution < 1.29 is 0 Å². The molecule has 0 bridgehead atoms. The van der Waals surface area contributed by atoms with Crippen LogP contribution >= 0.6 is 0 Å². The predicted molar refractivity (Wildman–Crippen MR) is 84.7 cm³/mol. The van der Waals surface area contributed by atoms with Crippen molar-refractivity contribution >= 4 is 0 Å². The van der Waals surface area contributed by atoms with E-state index in [0.29, 0.717) is 6.04 Å². The highest BCUT2D eigenvalue weighted by atomic mass is 15.3. The SMILES string of the molecule is CCCNC(C)c1cccc(-c2ccnn2CCC)c1. The number of rotatable bonds is 7. The molecule has 3 heteroatoms. The molecule has 1 unspecified atom stereocenters. The molecule has 0 aliphatic carbocycles. The topological polar surface area (TPSA) is 29.9 Å². The highest BCUT2D eigenvalue weighted by molar-refractivity contribution is 5.60. The van der Waals surface area contributed by atoms with Crippen LogP contribution in [0.15, 0.2) is 36.5 Å². The van der Waals surface area contributed by atoms with Crippen LogP contribution in [0, 0.1) is 0 Å². The Hall–Kier alpha value is -1.61. The Morgan fingerprint density at radius 1 is 1.20 bits per heavy atom. The molecule has 0 radical (unpaired) electrons. The quantitative estimate of drug-likeness (QED) is 0.824. The van der Waals surface area contributed by atoms with E-state index in [1.54, 1.807) is 0 Å². The van der Waals surface area contributed by atoms with Crippen LogP contribution in [0.4, 0.5) is 0 Å². The number of hydrogen-bond donors (Lipinski definition) is 1. The fraction of sp³-hybridized carbons (Fsp3) is 0.471. The van der Waals surface area contributed by atoms with Gasteiger partial charge in [-0.25, -0.2) is 0 Å². The van der Waals surface area contributed by atoms with E-state index in [9.17, 15) is 0 Å². The first-order valence-electron chi connectivity index (χ1n) is 7.61. The molecule has 108 valence electrons. The average Bonchev–Trinajstić information content (AvgIpc) is 2.93. The van der Waals surface area contributed by atoms with Gasteiger partial charge in [-0.3, -0.25) is 4.68 Å². The number of aryl methyl sites for hydroxylation is 1. The molecule has 0 amide bonds. The summed E-state index contributed by atoms with van der Waals surface area (Å²) in [6, 6.07) is 11.3. The van der Waals surface area contributed by atoms with Gasteiger partial charge in [0.05, 0.1) is 5.69 Å². The number of benzene rings is 1. The number of aromatic nitrogens is 2. The summed E-state index contributed by atoms with van der Waals surface area (Å²) >= 11 is 0. The van der Waals surface area contributed by atoms with Gasteiger partial charge in [-0.2, -0.15) is 5.10 Å². The van der Waals surface area contributed by atoms with Crippen molar-refractivity contribution in [1.82, 2.24) is 15.1 Å². The first-order chi connectivity index (χ1) is 9.76. The number of nitrogens with zero attached hydrogens (tertiary/aromatic N) is 2. The summed E-state index contributed by atoms with van der Waals surface area (Å²) in [7, 11) is 0. The third kappa shape index (κ3) is 3.48. The highest BCUT2D eigenvalue weighted by Gasteiger charge is 2.08. The standard InChI is InChI=1S/C17H25N3/c1-4-10-18-14(3)15-7-6-8-16(13-15)17-9-11-19-20(17)12-5-2/h6-9,11,13-14,18H,4-5,10,12H2,1-3H3. The van der Waals surface area contributed by atoms with Gasteiger partial charge in [-0.1, -0.05) is 32.0 Å². The molecule has 0 fully saturated rings. The zero-order valence-corrected chi connectivity index (χ0v) is 12.8. The molecular formula is C17H25N3. The van der Waals surface area contributed by atoms with Crippen molar-refractivity contribution in [2.24, 2.45) is 0 Å². The smallest absolute Gasteiger partial charge is 0.0682 e. The van der Waals surface area contributed by atoms with Crippen molar-refractivity contribution in [2.75, 3.05) is 6.54 Å². The van der Waals surface area contributed by atoms with Crippen LogP contribution in [-0.4, -0.2) is 16.3 Å². The molecule has 2 aromatic rings. The molecular weight excluding hydrogens is 246 g/mol. The lowest BCUT2D eigenvalue weighted by Gasteiger charge is -2.15. The maximum absolute atomic E-state index is 4.41. The Labute approximate surface area is 122 Å². The lowest BCUT2D eigenvalue weighted by atomic mass is 10.0. The maximum atomic E-state index is 4.41. The largest absolute Gasteiger partial charge is 0.310 e. The molecule has 0 saturated carbocycles. The molecule has 1 atom stereocenters. The van der Waals surface area contributed by atoms with Crippen molar-refractivity contribution in [2.45, 2.75) is 46.2 Å². The van der Waals surface area contributed by atoms with Crippen molar-refractivity contribution in [3.8, 4) is 11.3 Å². The highest BCUT2D eigenvalue weighted by Crippen LogP contribution is 2.23. The van der Waals surface area contributed by atoms with Crippen molar-refractivity contribution in [3.05, 3.63) is 42.1 Å². The van der Waals surface area contributed by atoms with Crippen LogP contribution in [0.5, 0.6) is 0 Å². The Balaban J connectivity index is 2.22. The van der Waals surface area contributed by atoms with E-state index in [1.165, 1.54) is 16.8 Å². The summed E-state index contributed by atoms with van der Waals surface area (Å²) < 4.78 is 2.09. The van der Waals surface area contributed by atoms with Crippen LogP contribution in [0.25, 0.3) is 11.3 Å². The van der Waals surface area contributed by atoms with Crippen molar-refractivity contribution in [3.63, 3.8) is 0 Å². The molecule has 0 saturated heterocycles. The van der Waals surface area contributed by atoms with Crippen LogP contribution in [-0.2, 0) is 6.54 Å². The summed E-state index contributed by atoms with van der Waals surface area (Å²) in [5.41, 5.74) is 3.79. The summed E-state index contributed by atoms with van der Waals surface area (Å²) in [5.74, 6) is 0. The molecule has 0 spiro atoms. The summed E-state index contributed by atoms with van der Waals surface area (Å²) in [4.78, 5) is 0. The second-order valence-electron chi connectivity index (χ2n) is 5.24. The van der Waals surface area contributed by atoms with Gasteiger partial charge in [0.1, 0.15) is 0 Å². The third-order valence-corrected chi connectivity index (χ3v) is 3.53. The van der Waals surface area contributed by atoms with E-state index in [4.69, 9.17) is 0 Å². The molecule has 2 rings (SSSR count). The van der Waals surface area contributed by atoms with Crippen LogP contribution in [0.1, 0.15) is 45.2 Å². The Kier molecular flexibility index (Phi) is 5.36. The minimum absolute atomic E-state index is 0.387. The summed E-state index contributed by atoms with van der Waals surface area (Å²) in [6.07, 6.45) is 4.15. The minimum Gasteiger partial charge on any atom is -0.310 e. The normalized spacial score (nSPS) is 12.6. The predicted octanol–water partition coefficient (Wildman–Crippen LogP) is 4.02. The van der Waals surface area contributed by atoms with E-state index >= 15 is 0 Å². The molecule has 3 nitrogen and oxygen atoms in total. The summed E-state index contributed by atoms with van der Waals surface area (Å²) in [5, 5.41) is 7.95. The first-order valence-corrected chi connectivity index (χ1v) is 7.61. The molecule has 0 aliphatic heterocycles. The third-order valence-electron chi connectivity index (χ3n) is 3.53. The molecule has 1 N–H and O–H groups in total. The second kappa shape index (κ2) is 7.25. The van der Waals surface area contributed by atoms with Gasteiger partial charge in [0.25, 0.3) is 0 Å². The van der Waals surface area contributed by atoms with Gasteiger partial charge >= 0.3 is 0 Å². The fourth-order valence-corrected chi connectivity index (χ4v) is 2.41. The van der Waals surface area contributed by atoms with Crippen molar-refractivity contribution in [1.29, 1.82) is 0 Å². The first kappa shape index (κ1) is 14.8. The molecule has 1 aromatic carbocycles. The second-order valence-corrected chi connectivity index (χ2v) is 5.24. The monoisotopic (exact) mass is 271 g/mol. The fourth-order valence-electron chi connectivity index (χ4n) is 2.41. The zero-order chi connectivity index (χ0) is 14.4. The lowest BCUT2D eigenvalue weighted by Crippen LogP contribution is -2.19.